The topological polar surface area (TPSA) is 96.7 Å². The van der Waals surface area contributed by atoms with Crippen LogP contribution in [0.15, 0.2) is 30.3 Å². The predicted molar refractivity (Wildman–Crippen MR) is 101 cm³/mol. The van der Waals surface area contributed by atoms with Crippen LogP contribution < -0.4 is 16.4 Å². The quantitative estimate of drug-likeness (QED) is 0.579. The third-order valence-corrected chi connectivity index (χ3v) is 4.51. The zero-order chi connectivity index (χ0) is 19.3. The average molecular weight is 361 g/mol. The summed E-state index contributed by atoms with van der Waals surface area (Å²) in [4.78, 5) is 24.3. The number of nitrogens with one attached hydrogen (secondary N) is 2. The zero-order valence-electron chi connectivity index (χ0n) is 16.1. The fraction of sp³-hybridized carbons (Fsp3) is 0.600. The van der Waals surface area contributed by atoms with Crippen molar-refractivity contribution in [2.75, 3.05) is 0 Å². The predicted octanol–water partition coefficient (Wildman–Crippen LogP) is 1.38. The number of hydrogen-bond donors (Lipinski definition) is 3. The van der Waals surface area contributed by atoms with Crippen molar-refractivity contribution in [3.8, 4) is 0 Å². The summed E-state index contributed by atoms with van der Waals surface area (Å²) in [5.41, 5.74) is 6.69. The third-order valence-electron chi connectivity index (χ3n) is 4.51. The highest BCUT2D eigenvalue weighted by Crippen LogP contribution is 2.32. The molecule has 1 saturated heterocycles. The van der Waals surface area contributed by atoms with Gasteiger partial charge in [-0.15, -0.1) is 0 Å². The van der Waals surface area contributed by atoms with Gasteiger partial charge in [-0.25, -0.2) is 0 Å². The zero-order valence-corrected chi connectivity index (χ0v) is 16.1. The number of nitrogens with two attached hydrogens (primary N) is 1. The van der Waals surface area contributed by atoms with Crippen LogP contribution in [0.25, 0.3) is 0 Å². The molecule has 1 fully saturated rings. The van der Waals surface area contributed by atoms with Gasteiger partial charge in [0, 0.05) is 0 Å². The Morgan fingerprint density at radius 1 is 1.08 bits per heavy atom. The molecule has 1 aliphatic rings. The molecule has 1 aliphatic heterocycles. The van der Waals surface area contributed by atoms with E-state index >= 15 is 0 Å². The van der Waals surface area contributed by atoms with E-state index < -0.39 is 12.1 Å². The second-order valence-electron chi connectivity index (χ2n) is 7.59. The number of ether oxygens (including phenoxy) is 1. The van der Waals surface area contributed by atoms with E-state index in [4.69, 9.17) is 10.5 Å². The molecule has 1 heterocycles. The van der Waals surface area contributed by atoms with Crippen molar-refractivity contribution in [3.63, 3.8) is 0 Å². The van der Waals surface area contributed by atoms with Gasteiger partial charge >= 0.3 is 0 Å². The van der Waals surface area contributed by atoms with Gasteiger partial charge in [-0.05, 0) is 38.2 Å². The molecule has 5 atom stereocenters. The summed E-state index contributed by atoms with van der Waals surface area (Å²) in [5, 5.41) is 5.69. The fourth-order valence-corrected chi connectivity index (χ4v) is 3.00. The van der Waals surface area contributed by atoms with Gasteiger partial charge in [-0.3, -0.25) is 9.59 Å². The van der Waals surface area contributed by atoms with Crippen molar-refractivity contribution in [3.05, 3.63) is 35.9 Å². The second-order valence-corrected chi connectivity index (χ2v) is 7.59. The first-order valence-electron chi connectivity index (χ1n) is 9.33. The molecule has 0 spiro atoms. The van der Waals surface area contributed by atoms with E-state index in [0.717, 1.165) is 12.0 Å². The summed E-state index contributed by atoms with van der Waals surface area (Å²) in [6.07, 6.45) is 1.86. The molecule has 6 nitrogen and oxygen atoms in total. The van der Waals surface area contributed by atoms with E-state index in [2.05, 4.69) is 24.5 Å². The number of epoxide rings is 1. The van der Waals surface area contributed by atoms with Gasteiger partial charge in [0.1, 0.15) is 12.1 Å². The fourth-order valence-electron chi connectivity index (χ4n) is 3.00. The summed E-state index contributed by atoms with van der Waals surface area (Å²) in [6.45, 7) is 7.57. The van der Waals surface area contributed by atoms with Gasteiger partial charge in [-0.1, -0.05) is 44.2 Å². The summed E-state index contributed by atoms with van der Waals surface area (Å²) in [6, 6.07) is 8.61. The summed E-state index contributed by atoms with van der Waals surface area (Å²) < 4.78 is 5.84. The highest BCUT2D eigenvalue weighted by Gasteiger charge is 2.45. The van der Waals surface area contributed by atoms with Crippen LogP contribution in [0.1, 0.15) is 39.7 Å². The van der Waals surface area contributed by atoms with Gasteiger partial charge in [0.2, 0.25) is 11.8 Å². The van der Waals surface area contributed by atoms with E-state index in [0.29, 0.717) is 12.3 Å². The Balaban J connectivity index is 1.99. The lowest BCUT2D eigenvalue weighted by Crippen LogP contribution is -2.52. The normalized spacial score (nSPS) is 22.4. The van der Waals surface area contributed by atoms with E-state index in [1.54, 1.807) is 13.8 Å². The smallest absolute Gasteiger partial charge is 0.242 e. The maximum atomic E-state index is 12.5. The molecular formula is C20H31N3O3. The standard InChI is InChI=1S/C20H31N3O3/c1-12(2)10-17-18(26-17)16(11-15-8-6-5-7-9-15)23-20(25)14(4)22-19(24)13(3)21/h5-9,12-14,16-18H,10-11,21H2,1-4H3,(H,22,24)(H,23,25)/t13-,14-,16-,17?,18?/m0/s1. The minimum Gasteiger partial charge on any atom is -0.367 e. The average Bonchev–Trinajstić information content (AvgIpc) is 3.33. The van der Waals surface area contributed by atoms with Gasteiger partial charge < -0.3 is 21.1 Å². The van der Waals surface area contributed by atoms with Crippen LogP contribution in [0.5, 0.6) is 0 Å². The van der Waals surface area contributed by atoms with Gasteiger partial charge in [0.05, 0.1) is 18.2 Å². The molecule has 0 aromatic heterocycles. The van der Waals surface area contributed by atoms with Gasteiger partial charge in [0.15, 0.2) is 0 Å². The van der Waals surface area contributed by atoms with Gasteiger partial charge in [-0.2, -0.15) is 0 Å². The molecule has 144 valence electrons. The molecule has 6 heteroatoms. The number of hydrogen-bond acceptors (Lipinski definition) is 4. The lowest BCUT2D eigenvalue weighted by atomic mass is 9.98. The van der Waals surface area contributed by atoms with E-state index in [-0.39, 0.29) is 30.1 Å². The Morgan fingerprint density at radius 2 is 1.73 bits per heavy atom. The molecule has 4 N–H and O–H groups in total. The SMILES string of the molecule is CC(C)CC1OC1[C@H](Cc1ccccc1)NC(=O)[C@H](C)NC(=O)[C@H](C)N. The lowest BCUT2D eigenvalue weighted by Gasteiger charge is -2.21. The lowest BCUT2D eigenvalue weighted by molar-refractivity contribution is -0.129. The number of carbonyl (C=O) groups is 2. The molecule has 2 rings (SSSR count). The minimum atomic E-state index is -0.646. The molecule has 2 amide bonds. The highest BCUT2D eigenvalue weighted by molar-refractivity contribution is 5.89. The Bertz CT molecular complexity index is 604. The van der Waals surface area contributed by atoms with E-state index in [1.807, 2.05) is 30.3 Å². The minimum absolute atomic E-state index is 0.0119. The Morgan fingerprint density at radius 3 is 2.31 bits per heavy atom. The molecule has 1 aromatic rings. The van der Waals surface area contributed by atoms with Gasteiger partial charge in [0.25, 0.3) is 0 Å². The number of rotatable bonds is 9. The number of amides is 2. The van der Waals surface area contributed by atoms with Crippen LogP contribution in [-0.2, 0) is 20.7 Å². The molecule has 0 bridgehead atoms. The molecule has 26 heavy (non-hydrogen) atoms. The van der Waals surface area contributed by atoms with Crippen LogP contribution in [0, 0.1) is 5.92 Å². The maximum Gasteiger partial charge on any atom is 0.242 e. The summed E-state index contributed by atoms with van der Waals surface area (Å²) in [5.74, 6) is -0.0197. The molecule has 0 aliphatic carbocycles. The maximum absolute atomic E-state index is 12.5. The van der Waals surface area contributed by atoms with Crippen molar-refractivity contribution in [2.45, 2.75) is 70.9 Å². The van der Waals surface area contributed by atoms with Crippen molar-refractivity contribution in [2.24, 2.45) is 11.7 Å². The largest absolute Gasteiger partial charge is 0.367 e. The molecule has 1 aromatic carbocycles. The first-order valence-corrected chi connectivity index (χ1v) is 9.33. The Labute approximate surface area is 155 Å². The molecule has 0 radical (unpaired) electrons. The third kappa shape index (κ3) is 6.11. The second kappa shape index (κ2) is 9.14. The Kier molecular flexibility index (Phi) is 7.17. The van der Waals surface area contributed by atoms with Crippen molar-refractivity contribution in [1.29, 1.82) is 0 Å². The highest BCUT2D eigenvalue weighted by atomic mass is 16.6. The first kappa shape index (κ1) is 20.4. The Hall–Kier alpha value is -1.92. The van der Waals surface area contributed by atoms with E-state index in [1.165, 1.54) is 0 Å². The summed E-state index contributed by atoms with van der Waals surface area (Å²) >= 11 is 0. The molecule has 2 unspecified atom stereocenters. The van der Waals surface area contributed by atoms with Crippen molar-refractivity contribution in [1.82, 2.24) is 10.6 Å². The van der Waals surface area contributed by atoms with Crippen LogP contribution in [0.3, 0.4) is 0 Å². The van der Waals surface area contributed by atoms with Crippen LogP contribution in [0.2, 0.25) is 0 Å². The van der Waals surface area contributed by atoms with Crippen LogP contribution in [-0.4, -0.2) is 42.1 Å². The monoisotopic (exact) mass is 361 g/mol. The number of carbonyl (C=O) groups excluding carboxylic acids is 2. The molecular weight excluding hydrogens is 330 g/mol. The van der Waals surface area contributed by atoms with Crippen LogP contribution in [0.4, 0.5) is 0 Å². The summed E-state index contributed by atoms with van der Waals surface area (Å²) in [7, 11) is 0. The van der Waals surface area contributed by atoms with Crippen LogP contribution >= 0.6 is 0 Å². The van der Waals surface area contributed by atoms with Crippen molar-refractivity contribution >= 4 is 11.8 Å². The number of benzene rings is 1. The van der Waals surface area contributed by atoms with E-state index in [9.17, 15) is 9.59 Å². The van der Waals surface area contributed by atoms with Crippen molar-refractivity contribution < 1.29 is 14.3 Å². The molecule has 0 saturated carbocycles. The first-order chi connectivity index (χ1) is 12.3.